The van der Waals surface area contributed by atoms with E-state index in [0.29, 0.717) is 5.69 Å². The summed E-state index contributed by atoms with van der Waals surface area (Å²) in [6, 6.07) is 8.68. The van der Waals surface area contributed by atoms with Crippen molar-refractivity contribution in [2.24, 2.45) is 0 Å². The standard InChI is InChI=1S/C23H28N4O3/c1-14-7-9-18(10-8-14)24-20(28)13-26-21(29)19(25-22(26)30)12-17-11-15(2)27(16(17)3)23(4,5)6/h7-12H,13H2,1-6H3,(H,24,28)(H,25,30)/b19-12+. The monoisotopic (exact) mass is 408 g/mol. The molecule has 1 aromatic heterocycles. The number of aromatic nitrogens is 1. The maximum Gasteiger partial charge on any atom is 0.329 e. The number of imide groups is 1. The molecule has 1 aliphatic heterocycles. The van der Waals surface area contributed by atoms with Crippen LogP contribution >= 0.6 is 0 Å². The van der Waals surface area contributed by atoms with E-state index in [0.717, 1.165) is 27.4 Å². The first kappa shape index (κ1) is 21.4. The second-order valence-electron chi connectivity index (χ2n) is 8.63. The number of anilines is 1. The summed E-state index contributed by atoms with van der Waals surface area (Å²) < 4.78 is 2.19. The zero-order chi connectivity index (χ0) is 22.2. The molecule has 3 rings (SSSR count). The van der Waals surface area contributed by atoms with Crippen molar-refractivity contribution >= 4 is 29.6 Å². The van der Waals surface area contributed by atoms with Gasteiger partial charge in [0.2, 0.25) is 5.91 Å². The minimum absolute atomic E-state index is 0.103. The summed E-state index contributed by atoms with van der Waals surface area (Å²) in [6.07, 6.45) is 1.67. The number of amides is 4. The number of aryl methyl sites for hydroxylation is 2. The molecule has 0 radical (unpaired) electrons. The minimum Gasteiger partial charge on any atom is -0.343 e. The summed E-state index contributed by atoms with van der Waals surface area (Å²) in [7, 11) is 0. The van der Waals surface area contributed by atoms with Crippen molar-refractivity contribution in [3.05, 3.63) is 58.5 Å². The zero-order valence-electron chi connectivity index (χ0n) is 18.3. The Morgan fingerprint density at radius 2 is 1.73 bits per heavy atom. The molecule has 0 spiro atoms. The van der Waals surface area contributed by atoms with E-state index in [9.17, 15) is 14.4 Å². The van der Waals surface area contributed by atoms with Gasteiger partial charge in [-0.05, 0) is 71.4 Å². The number of benzene rings is 1. The summed E-state index contributed by atoms with van der Waals surface area (Å²) in [5.74, 6) is -0.950. The lowest BCUT2D eigenvalue weighted by Gasteiger charge is -2.25. The molecule has 1 fully saturated rings. The number of hydrogen-bond donors (Lipinski definition) is 2. The van der Waals surface area contributed by atoms with Gasteiger partial charge >= 0.3 is 6.03 Å². The summed E-state index contributed by atoms with van der Waals surface area (Å²) >= 11 is 0. The van der Waals surface area contributed by atoms with Gasteiger partial charge in [-0.15, -0.1) is 0 Å². The Hall–Kier alpha value is -3.35. The maximum atomic E-state index is 12.7. The Balaban J connectivity index is 1.76. The highest BCUT2D eigenvalue weighted by molar-refractivity contribution is 6.16. The molecule has 7 heteroatoms. The first-order chi connectivity index (χ1) is 14.0. The normalized spacial score (nSPS) is 15.7. The van der Waals surface area contributed by atoms with Crippen molar-refractivity contribution in [1.29, 1.82) is 0 Å². The first-order valence-corrected chi connectivity index (χ1v) is 9.88. The topological polar surface area (TPSA) is 83.4 Å². The van der Waals surface area contributed by atoms with Crippen molar-refractivity contribution in [2.75, 3.05) is 11.9 Å². The number of hydrogen-bond acceptors (Lipinski definition) is 3. The molecule has 4 amide bonds. The molecule has 7 nitrogen and oxygen atoms in total. The second kappa shape index (κ2) is 7.82. The molecule has 1 aromatic carbocycles. The Morgan fingerprint density at radius 3 is 2.30 bits per heavy atom. The van der Waals surface area contributed by atoms with Crippen LogP contribution in [0.5, 0.6) is 0 Å². The molecular weight excluding hydrogens is 380 g/mol. The summed E-state index contributed by atoms with van der Waals surface area (Å²) in [5.41, 5.74) is 4.68. The van der Waals surface area contributed by atoms with Gasteiger partial charge in [0.25, 0.3) is 5.91 Å². The third kappa shape index (κ3) is 4.30. The smallest absolute Gasteiger partial charge is 0.329 e. The molecule has 0 bridgehead atoms. The average molecular weight is 409 g/mol. The predicted octanol–water partition coefficient (Wildman–Crippen LogP) is 3.70. The Bertz CT molecular complexity index is 1040. The third-order valence-electron chi connectivity index (χ3n) is 5.04. The fraction of sp³-hybridized carbons (Fsp3) is 0.348. The van der Waals surface area contributed by atoms with Gasteiger partial charge in [0, 0.05) is 22.6 Å². The van der Waals surface area contributed by atoms with Gasteiger partial charge in [-0.25, -0.2) is 9.69 Å². The Morgan fingerprint density at radius 1 is 1.10 bits per heavy atom. The number of carbonyl (C=O) groups is 3. The van der Waals surface area contributed by atoms with Crippen LogP contribution in [0, 0.1) is 20.8 Å². The molecule has 2 N–H and O–H groups in total. The number of urea groups is 1. The van der Waals surface area contributed by atoms with E-state index >= 15 is 0 Å². The van der Waals surface area contributed by atoms with Crippen molar-refractivity contribution in [3.8, 4) is 0 Å². The second-order valence-corrected chi connectivity index (χ2v) is 8.63. The van der Waals surface area contributed by atoms with Gasteiger partial charge in [0.05, 0.1) is 0 Å². The molecule has 1 saturated heterocycles. The van der Waals surface area contributed by atoms with Crippen LogP contribution < -0.4 is 10.6 Å². The molecular formula is C23H28N4O3. The quantitative estimate of drug-likeness (QED) is 0.598. The molecule has 0 aliphatic carbocycles. The predicted molar refractivity (Wildman–Crippen MR) is 117 cm³/mol. The van der Waals surface area contributed by atoms with Gasteiger partial charge in [-0.3, -0.25) is 9.59 Å². The van der Waals surface area contributed by atoms with Gasteiger partial charge in [-0.1, -0.05) is 17.7 Å². The van der Waals surface area contributed by atoms with E-state index in [-0.39, 0.29) is 17.8 Å². The minimum atomic E-state index is -0.602. The van der Waals surface area contributed by atoms with E-state index in [1.807, 2.05) is 39.0 Å². The molecule has 2 aromatic rings. The van der Waals surface area contributed by atoms with Crippen LogP contribution in [0.3, 0.4) is 0 Å². The summed E-state index contributed by atoms with van der Waals surface area (Å²) in [4.78, 5) is 38.3. The Kier molecular flexibility index (Phi) is 5.57. The van der Waals surface area contributed by atoms with Crippen molar-refractivity contribution in [2.45, 2.75) is 47.1 Å². The summed E-state index contributed by atoms with van der Waals surface area (Å²) in [6.45, 7) is 11.9. The molecule has 0 saturated carbocycles. The van der Waals surface area contributed by atoms with Crippen molar-refractivity contribution in [3.63, 3.8) is 0 Å². The fourth-order valence-electron chi connectivity index (χ4n) is 3.82. The zero-order valence-corrected chi connectivity index (χ0v) is 18.3. The largest absolute Gasteiger partial charge is 0.343 e. The lowest BCUT2D eigenvalue weighted by Crippen LogP contribution is -2.38. The maximum absolute atomic E-state index is 12.7. The molecule has 2 heterocycles. The van der Waals surface area contributed by atoms with E-state index in [4.69, 9.17) is 0 Å². The fourth-order valence-corrected chi connectivity index (χ4v) is 3.82. The van der Waals surface area contributed by atoms with E-state index in [1.165, 1.54) is 0 Å². The SMILES string of the molecule is Cc1ccc(NC(=O)CN2C(=O)N/C(=C/c3cc(C)n(C(C)(C)C)c3C)C2=O)cc1. The molecule has 158 valence electrons. The highest BCUT2D eigenvalue weighted by atomic mass is 16.2. The van der Waals surface area contributed by atoms with Gasteiger partial charge in [0.15, 0.2) is 0 Å². The third-order valence-corrected chi connectivity index (χ3v) is 5.04. The molecule has 0 atom stereocenters. The number of carbonyl (C=O) groups excluding carboxylic acids is 3. The van der Waals surface area contributed by atoms with Crippen molar-refractivity contribution in [1.82, 2.24) is 14.8 Å². The van der Waals surface area contributed by atoms with Crippen LogP contribution in [0.15, 0.2) is 36.0 Å². The average Bonchev–Trinajstić information content (AvgIpc) is 3.06. The van der Waals surface area contributed by atoms with Gasteiger partial charge < -0.3 is 15.2 Å². The van der Waals surface area contributed by atoms with Gasteiger partial charge in [-0.2, -0.15) is 0 Å². The number of nitrogens with one attached hydrogen (secondary N) is 2. The molecule has 1 aliphatic rings. The van der Waals surface area contributed by atoms with Crippen LogP contribution in [0.2, 0.25) is 0 Å². The van der Waals surface area contributed by atoms with E-state index in [2.05, 4.69) is 36.0 Å². The van der Waals surface area contributed by atoms with E-state index in [1.54, 1.807) is 18.2 Å². The van der Waals surface area contributed by atoms with Crippen LogP contribution in [-0.2, 0) is 15.1 Å². The van der Waals surface area contributed by atoms with Crippen LogP contribution in [-0.4, -0.2) is 33.9 Å². The van der Waals surface area contributed by atoms with Crippen molar-refractivity contribution < 1.29 is 14.4 Å². The number of rotatable bonds is 4. The lowest BCUT2D eigenvalue weighted by atomic mass is 10.1. The van der Waals surface area contributed by atoms with Gasteiger partial charge in [0.1, 0.15) is 12.2 Å². The Labute approximate surface area is 176 Å². The lowest BCUT2D eigenvalue weighted by molar-refractivity contribution is -0.127. The highest BCUT2D eigenvalue weighted by Crippen LogP contribution is 2.26. The molecule has 0 unspecified atom stereocenters. The molecule has 30 heavy (non-hydrogen) atoms. The van der Waals surface area contributed by atoms with Crippen LogP contribution in [0.25, 0.3) is 6.08 Å². The van der Waals surface area contributed by atoms with E-state index < -0.39 is 17.8 Å². The highest BCUT2D eigenvalue weighted by Gasteiger charge is 2.35. The van der Waals surface area contributed by atoms with Crippen LogP contribution in [0.1, 0.15) is 43.3 Å². The number of nitrogens with zero attached hydrogens (tertiary/aromatic N) is 2. The summed E-state index contributed by atoms with van der Waals surface area (Å²) in [5, 5.41) is 5.29. The van der Waals surface area contributed by atoms with Crippen LogP contribution in [0.4, 0.5) is 10.5 Å². The first-order valence-electron chi connectivity index (χ1n) is 9.88.